The minimum atomic E-state index is 0.0409. The van der Waals surface area contributed by atoms with Gasteiger partial charge in [-0.2, -0.15) is 0 Å². The smallest absolute Gasteiger partial charge is 0.135 e. The van der Waals surface area contributed by atoms with Gasteiger partial charge in [-0.05, 0) is 35.1 Å². The maximum atomic E-state index is 6.08. The van der Waals surface area contributed by atoms with Gasteiger partial charge in [-0.1, -0.05) is 57.5 Å². The molecule has 0 radical (unpaired) electrons. The molecule has 0 bridgehead atoms. The highest BCUT2D eigenvalue weighted by molar-refractivity contribution is 6.30. The van der Waals surface area contributed by atoms with Crippen LogP contribution in [0, 0.1) is 0 Å². The molecule has 0 aliphatic heterocycles. The quantitative estimate of drug-likeness (QED) is 0.727. The van der Waals surface area contributed by atoms with E-state index in [4.69, 9.17) is 16.3 Å². The summed E-state index contributed by atoms with van der Waals surface area (Å²) in [6.07, 6.45) is 2.71. The summed E-state index contributed by atoms with van der Waals surface area (Å²) in [6, 6.07) is 10.2. The molecular weight excluding hydrogens is 282 g/mol. The largest absolute Gasteiger partial charge is 0.488 e. The molecule has 21 heavy (non-hydrogen) atoms. The zero-order chi connectivity index (χ0) is 15.5. The van der Waals surface area contributed by atoms with Crippen LogP contribution < -0.4 is 4.74 Å². The van der Waals surface area contributed by atoms with Crippen LogP contribution in [-0.2, 0) is 18.4 Å². The second-order valence-corrected chi connectivity index (χ2v) is 6.53. The highest BCUT2D eigenvalue weighted by Gasteiger charge is 2.19. The van der Waals surface area contributed by atoms with Gasteiger partial charge in [0.15, 0.2) is 0 Å². The summed E-state index contributed by atoms with van der Waals surface area (Å²) in [5.41, 5.74) is 3.49. The Morgan fingerprint density at radius 1 is 1.19 bits per heavy atom. The number of aromatic nitrogens is 1. The van der Waals surface area contributed by atoms with Crippen LogP contribution in [0.25, 0.3) is 0 Å². The zero-order valence-corrected chi connectivity index (χ0v) is 13.9. The molecule has 0 saturated heterocycles. The molecule has 0 spiro atoms. The number of nitrogens with zero attached hydrogens (tertiary/aromatic N) is 1. The molecule has 2 nitrogen and oxygen atoms in total. The van der Waals surface area contributed by atoms with Crippen LogP contribution in [0.2, 0.25) is 5.15 Å². The second kappa shape index (κ2) is 6.48. The molecule has 1 heterocycles. The van der Waals surface area contributed by atoms with Gasteiger partial charge in [-0.15, -0.1) is 0 Å². The lowest BCUT2D eigenvalue weighted by atomic mass is 9.85. The molecule has 0 aliphatic carbocycles. The topological polar surface area (TPSA) is 22.1 Å². The molecule has 2 aromatic rings. The van der Waals surface area contributed by atoms with Gasteiger partial charge >= 0.3 is 0 Å². The third-order valence-corrected chi connectivity index (χ3v) is 3.82. The monoisotopic (exact) mass is 303 g/mol. The first-order valence-corrected chi connectivity index (χ1v) is 7.65. The number of ether oxygens (including phenoxy) is 1. The average Bonchev–Trinajstić information content (AvgIpc) is 2.45. The Balaban J connectivity index is 2.26. The first kappa shape index (κ1) is 15.8. The summed E-state index contributed by atoms with van der Waals surface area (Å²) < 4.78 is 6.01. The minimum Gasteiger partial charge on any atom is -0.488 e. The molecule has 0 saturated carbocycles. The SMILES string of the molecule is CCc1ccc(OCc2cccnc2Cl)c(C(C)(C)C)c1. The van der Waals surface area contributed by atoms with Crippen LogP contribution in [0.3, 0.4) is 0 Å². The van der Waals surface area contributed by atoms with Gasteiger partial charge < -0.3 is 4.74 Å². The molecule has 0 aliphatic rings. The second-order valence-electron chi connectivity index (χ2n) is 6.18. The van der Waals surface area contributed by atoms with Gasteiger partial charge in [0.1, 0.15) is 17.5 Å². The number of hydrogen-bond acceptors (Lipinski definition) is 2. The van der Waals surface area contributed by atoms with Crippen LogP contribution in [0.1, 0.15) is 44.4 Å². The third-order valence-electron chi connectivity index (χ3n) is 3.48. The van der Waals surface area contributed by atoms with E-state index in [-0.39, 0.29) is 5.41 Å². The molecule has 0 unspecified atom stereocenters. The van der Waals surface area contributed by atoms with Crippen molar-refractivity contribution in [1.29, 1.82) is 0 Å². The Hall–Kier alpha value is -1.54. The fourth-order valence-corrected chi connectivity index (χ4v) is 2.37. The van der Waals surface area contributed by atoms with Gasteiger partial charge in [0.25, 0.3) is 0 Å². The summed E-state index contributed by atoms with van der Waals surface area (Å²) in [7, 11) is 0. The Kier molecular flexibility index (Phi) is 4.89. The summed E-state index contributed by atoms with van der Waals surface area (Å²) >= 11 is 6.08. The molecule has 1 aromatic heterocycles. The van der Waals surface area contributed by atoms with Crippen molar-refractivity contribution >= 4 is 11.6 Å². The van der Waals surface area contributed by atoms with Gasteiger partial charge in [0, 0.05) is 11.8 Å². The number of aryl methyl sites for hydroxylation is 1. The highest BCUT2D eigenvalue weighted by atomic mass is 35.5. The van der Waals surface area contributed by atoms with Crippen LogP contribution in [0.4, 0.5) is 0 Å². The van der Waals surface area contributed by atoms with Crippen molar-refractivity contribution in [2.24, 2.45) is 0 Å². The van der Waals surface area contributed by atoms with Crippen LogP contribution in [0.15, 0.2) is 36.5 Å². The van der Waals surface area contributed by atoms with Gasteiger partial charge in [0.05, 0.1) is 0 Å². The van der Waals surface area contributed by atoms with E-state index < -0.39 is 0 Å². The number of halogens is 1. The molecule has 0 fully saturated rings. The van der Waals surface area contributed by atoms with Crippen molar-refractivity contribution in [2.75, 3.05) is 0 Å². The number of benzene rings is 1. The van der Waals surface area contributed by atoms with Crippen molar-refractivity contribution in [3.05, 3.63) is 58.4 Å². The highest BCUT2D eigenvalue weighted by Crippen LogP contribution is 2.33. The normalized spacial score (nSPS) is 11.5. The predicted molar refractivity (Wildman–Crippen MR) is 88.1 cm³/mol. The Bertz CT molecular complexity index is 617. The Morgan fingerprint density at radius 2 is 1.95 bits per heavy atom. The van der Waals surface area contributed by atoms with E-state index in [1.54, 1.807) is 6.20 Å². The summed E-state index contributed by atoms with van der Waals surface area (Å²) in [4.78, 5) is 4.08. The Labute approximate surface area is 132 Å². The molecule has 0 atom stereocenters. The first-order chi connectivity index (χ1) is 9.91. The standard InChI is InChI=1S/C18H22ClNO/c1-5-13-8-9-16(15(11-13)18(2,3)4)21-12-14-7-6-10-20-17(14)19/h6-11H,5,12H2,1-4H3. The van der Waals surface area contributed by atoms with Crippen LogP contribution >= 0.6 is 11.6 Å². The molecule has 3 heteroatoms. The van der Waals surface area contributed by atoms with Crippen LogP contribution in [-0.4, -0.2) is 4.98 Å². The predicted octanol–water partition coefficient (Wildman–Crippen LogP) is 5.17. The van der Waals surface area contributed by atoms with Gasteiger partial charge in [0.2, 0.25) is 0 Å². The van der Waals surface area contributed by atoms with E-state index >= 15 is 0 Å². The maximum absolute atomic E-state index is 6.08. The zero-order valence-electron chi connectivity index (χ0n) is 13.1. The molecular formula is C18H22ClNO. The number of hydrogen-bond donors (Lipinski definition) is 0. The van der Waals surface area contributed by atoms with E-state index in [1.165, 1.54) is 11.1 Å². The summed E-state index contributed by atoms with van der Waals surface area (Å²) in [5.74, 6) is 0.916. The third kappa shape index (κ3) is 3.98. The molecule has 2 rings (SSSR count). The summed E-state index contributed by atoms with van der Waals surface area (Å²) in [5, 5.41) is 0.500. The Morgan fingerprint density at radius 3 is 2.57 bits per heavy atom. The van der Waals surface area contributed by atoms with Crippen molar-refractivity contribution in [2.45, 2.75) is 46.1 Å². The minimum absolute atomic E-state index is 0.0409. The number of pyridine rings is 1. The van der Waals surface area contributed by atoms with Gasteiger partial charge in [-0.3, -0.25) is 0 Å². The van der Waals surface area contributed by atoms with Crippen molar-refractivity contribution < 1.29 is 4.74 Å². The average molecular weight is 304 g/mol. The summed E-state index contributed by atoms with van der Waals surface area (Å²) in [6.45, 7) is 9.20. The number of rotatable bonds is 4. The van der Waals surface area contributed by atoms with Crippen LogP contribution in [0.5, 0.6) is 5.75 Å². The fraction of sp³-hybridized carbons (Fsp3) is 0.389. The van der Waals surface area contributed by atoms with Crippen molar-refractivity contribution in [3.8, 4) is 5.75 Å². The first-order valence-electron chi connectivity index (χ1n) is 7.27. The molecule has 112 valence electrons. The fourth-order valence-electron chi connectivity index (χ4n) is 2.19. The lowest BCUT2D eigenvalue weighted by molar-refractivity contribution is 0.297. The molecule has 1 aromatic carbocycles. The van der Waals surface area contributed by atoms with Crippen molar-refractivity contribution in [1.82, 2.24) is 4.98 Å². The maximum Gasteiger partial charge on any atom is 0.135 e. The molecule has 0 N–H and O–H groups in total. The van der Waals surface area contributed by atoms with E-state index in [0.717, 1.165) is 17.7 Å². The van der Waals surface area contributed by atoms with E-state index in [2.05, 4.69) is 50.9 Å². The van der Waals surface area contributed by atoms with Crippen molar-refractivity contribution in [3.63, 3.8) is 0 Å². The molecule has 0 amide bonds. The van der Waals surface area contributed by atoms with E-state index in [0.29, 0.717) is 11.8 Å². The van der Waals surface area contributed by atoms with E-state index in [1.807, 2.05) is 12.1 Å². The van der Waals surface area contributed by atoms with Gasteiger partial charge in [-0.25, -0.2) is 4.98 Å². The van der Waals surface area contributed by atoms with E-state index in [9.17, 15) is 0 Å². The lowest BCUT2D eigenvalue weighted by Gasteiger charge is -2.23. The lowest BCUT2D eigenvalue weighted by Crippen LogP contribution is -2.14.